The summed E-state index contributed by atoms with van der Waals surface area (Å²) in [5, 5.41) is 11.7. The molecule has 2 aromatic rings. The number of nitrogens with one attached hydrogen (secondary N) is 1. The van der Waals surface area contributed by atoms with Crippen LogP contribution < -0.4 is 5.32 Å². The van der Waals surface area contributed by atoms with Crippen molar-refractivity contribution in [3.05, 3.63) is 36.4 Å². The van der Waals surface area contributed by atoms with E-state index in [1.807, 2.05) is 41.1 Å². The van der Waals surface area contributed by atoms with Gasteiger partial charge in [0.25, 0.3) is 0 Å². The Bertz CT molecular complexity index is 418. The van der Waals surface area contributed by atoms with Gasteiger partial charge in [-0.1, -0.05) is 0 Å². The van der Waals surface area contributed by atoms with E-state index in [2.05, 4.69) is 21.6 Å². The number of nitrogens with zero attached hydrogens (tertiary/aromatic N) is 4. The summed E-state index contributed by atoms with van der Waals surface area (Å²) in [5.74, 6) is 0. The van der Waals surface area contributed by atoms with Gasteiger partial charge in [-0.3, -0.25) is 9.36 Å². The van der Waals surface area contributed by atoms with Gasteiger partial charge in [0.2, 0.25) is 0 Å². The third kappa shape index (κ3) is 3.71. The summed E-state index contributed by atoms with van der Waals surface area (Å²) in [6, 6.07) is 4.02. The fourth-order valence-corrected chi connectivity index (χ4v) is 1.79. The number of rotatable bonds is 7. The Balaban J connectivity index is 1.54. The van der Waals surface area contributed by atoms with Crippen molar-refractivity contribution in [1.29, 1.82) is 0 Å². The quantitative estimate of drug-likeness (QED) is 0.721. The molecule has 5 heteroatoms. The van der Waals surface area contributed by atoms with Gasteiger partial charge in [0, 0.05) is 50.8 Å². The van der Waals surface area contributed by atoms with Gasteiger partial charge >= 0.3 is 0 Å². The molecule has 0 spiro atoms. The lowest BCUT2D eigenvalue weighted by Crippen LogP contribution is -2.20. The fourth-order valence-electron chi connectivity index (χ4n) is 1.79. The Morgan fingerprint density at radius 3 is 2.88 bits per heavy atom. The standard InChI is InChI=1S/C12H19N5/c1-16-12(5-9-14-16)4-8-13-6-2-10-17-11-3-7-15-17/h3,5,7,9,11,13H,2,4,6,8,10H2,1H3. The van der Waals surface area contributed by atoms with E-state index >= 15 is 0 Å². The van der Waals surface area contributed by atoms with E-state index in [0.29, 0.717) is 0 Å². The Labute approximate surface area is 101 Å². The molecule has 0 radical (unpaired) electrons. The van der Waals surface area contributed by atoms with Gasteiger partial charge in [0.05, 0.1) is 0 Å². The van der Waals surface area contributed by atoms with Gasteiger partial charge in [-0.15, -0.1) is 0 Å². The highest BCUT2D eigenvalue weighted by Crippen LogP contribution is 1.96. The second-order valence-electron chi connectivity index (χ2n) is 4.07. The normalized spacial score (nSPS) is 10.9. The van der Waals surface area contributed by atoms with E-state index < -0.39 is 0 Å². The molecular weight excluding hydrogens is 214 g/mol. The van der Waals surface area contributed by atoms with Crippen molar-refractivity contribution in [2.75, 3.05) is 13.1 Å². The van der Waals surface area contributed by atoms with Crippen LogP contribution in [0.1, 0.15) is 12.1 Å². The monoisotopic (exact) mass is 233 g/mol. The van der Waals surface area contributed by atoms with Crippen LogP contribution in [0.15, 0.2) is 30.7 Å². The zero-order chi connectivity index (χ0) is 11.9. The third-order valence-corrected chi connectivity index (χ3v) is 2.78. The minimum atomic E-state index is 0.978. The predicted octanol–water partition coefficient (Wildman–Crippen LogP) is 0.839. The smallest absolute Gasteiger partial charge is 0.0492 e. The molecule has 5 nitrogen and oxygen atoms in total. The minimum Gasteiger partial charge on any atom is -0.316 e. The molecule has 0 fully saturated rings. The highest BCUT2D eigenvalue weighted by molar-refractivity contribution is 5.00. The maximum Gasteiger partial charge on any atom is 0.0492 e. The molecule has 0 saturated heterocycles. The number of hydrogen-bond donors (Lipinski definition) is 1. The highest BCUT2D eigenvalue weighted by atomic mass is 15.3. The summed E-state index contributed by atoms with van der Waals surface area (Å²) in [5.41, 5.74) is 1.27. The van der Waals surface area contributed by atoms with Crippen molar-refractivity contribution < 1.29 is 0 Å². The molecule has 0 aliphatic carbocycles. The lowest BCUT2D eigenvalue weighted by Gasteiger charge is -2.05. The number of aromatic nitrogens is 4. The van der Waals surface area contributed by atoms with Crippen LogP contribution >= 0.6 is 0 Å². The van der Waals surface area contributed by atoms with Crippen molar-refractivity contribution in [2.45, 2.75) is 19.4 Å². The Kier molecular flexibility index (Phi) is 4.32. The molecular formula is C12H19N5. The first kappa shape index (κ1) is 11.9. The van der Waals surface area contributed by atoms with Gasteiger partial charge in [-0.2, -0.15) is 10.2 Å². The summed E-state index contributed by atoms with van der Waals surface area (Å²) in [4.78, 5) is 0. The molecule has 0 unspecified atom stereocenters. The maximum atomic E-state index is 4.16. The second kappa shape index (κ2) is 6.20. The molecule has 0 amide bonds. The number of aryl methyl sites for hydroxylation is 2. The van der Waals surface area contributed by atoms with Gasteiger partial charge in [-0.25, -0.2) is 0 Å². The third-order valence-electron chi connectivity index (χ3n) is 2.78. The lowest BCUT2D eigenvalue weighted by molar-refractivity contribution is 0.541. The molecule has 2 heterocycles. The van der Waals surface area contributed by atoms with Crippen molar-refractivity contribution in [3.63, 3.8) is 0 Å². The summed E-state index contributed by atoms with van der Waals surface area (Å²) >= 11 is 0. The summed E-state index contributed by atoms with van der Waals surface area (Å²) in [6.07, 6.45) is 7.78. The summed E-state index contributed by atoms with van der Waals surface area (Å²) < 4.78 is 3.88. The molecule has 0 aliphatic heterocycles. The van der Waals surface area contributed by atoms with Crippen molar-refractivity contribution in [3.8, 4) is 0 Å². The Hall–Kier alpha value is -1.62. The average molecular weight is 233 g/mol. The zero-order valence-corrected chi connectivity index (χ0v) is 10.2. The van der Waals surface area contributed by atoms with Crippen molar-refractivity contribution >= 4 is 0 Å². The Morgan fingerprint density at radius 2 is 2.18 bits per heavy atom. The molecule has 92 valence electrons. The topological polar surface area (TPSA) is 47.7 Å². The van der Waals surface area contributed by atoms with Crippen LogP contribution in [0.25, 0.3) is 0 Å². The van der Waals surface area contributed by atoms with Crippen LogP contribution in [0.5, 0.6) is 0 Å². The van der Waals surface area contributed by atoms with E-state index in [4.69, 9.17) is 0 Å². The minimum absolute atomic E-state index is 0.978. The van der Waals surface area contributed by atoms with Crippen LogP contribution in [-0.4, -0.2) is 32.7 Å². The summed E-state index contributed by atoms with van der Waals surface area (Å²) in [6.45, 7) is 3.00. The van der Waals surface area contributed by atoms with Gasteiger partial charge < -0.3 is 5.32 Å². The fraction of sp³-hybridized carbons (Fsp3) is 0.500. The molecule has 1 N–H and O–H groups in total. The van der Waals surface area contributed by atoms with Crippen LogP contribution in [0.2, 0.25) is 0 Å². The molecule has 2 aromatic heterocycles. The van der Waals surface area contributed by atoms with Crippen LogP contribution in [0, 0.1) is 0 Å². The first-order chi connectivity index (χ1) is 8.36. The molecule has 0 aromatic carbocycles. The molecule has 0 aliphatic rings. The number of hydrogen-bond acceptors (Lipinski definition) is 3. The van der Waals surface area contributed by atoms with E-state index in [9.17, 15) is 0 Å². The largest absolute Gasteiger partial charge is 0.316 e. The molecule has 0 saturated carbocycles. The lowest BCUT2D eigenvalue weighted by atomic mass is 10.3. The zero-order valence-electron chi connectivity index (χ0n) is 10.2. The van der Waals surface area contributed by atoms with E-state index in [-0.39, 0.29) is 0 Å². The van der Waals surface area contributed by atoms with Crippen LogP contribution in [0.4, 0.5) is 0 Å². The molecule has 0 atom stereocenters. The Morgan fingerprint density at radius 1 is 1.24 bits per heavy atom. The van der Waals surface area contributed by atoms with Gasteiger partial charge in [0.15, 0.2) is 0 Å². The average Bonchev–Trinajstić information content (AvgIpc) is 2.95. The van der Waals surface area contributed by atoms with E-state index in [1.165, 1.54) is 5.69 Å². The molecule has 0 bridgehead atoms. The SMILES string of the molecule is Cn1nccc1CCNCCCn1cccn1. The van der Waals surface area contributed by atoms with Crippen molar-refractivity contribution in [2.24, 2.45) is 7.05 Å². The maximum absolute atomic E-state index is 4.16. The molecule has 2 rings (SSSR count). The van der Waals surface area contributed by atoms with Crippen LogP contribution in [0.3, 0.4) is 0 Å². The predicted molar refractivity (Wildman–Crippen MR) is 66.6 cm³/mol. The van der Waals surface area contributed by atoms with E-state index in [0.717, 1.165) is 32.5 Å². The first-order valence-electron chi connectivity index (χ1n) is 6.01. The van der Waals surface area contributed by atoms with E-state index in [1.54, 1.807) is 0 Å². The second-order valence-corrected chi connectivity index (χ2v) is 4.07. The van der Waals surface area contributed by atoms with Gasteiger partial charge in [-0.05, 0) is 25.1 Å². The van der Waals surface area contributed by atoms with Crippen LogP contribution in [-0.2, 0) is 20.0 Å². The first-order valence-corrected chi connectivity index (χ1v) is 6.01. The summed E-state index contributed by atoms with van der Waals surface area (Å²) in [7, 11) is 1.98. The van der Waals surface area contributed by atoms with Crippen molar-refractivity contribution in [1.82, 2.24) is 24.9 Å². The highest BCUT2D eigenvalue weighted by Gasteiger charge is 1.97. The molecule has 17 heavy (non-hydrogen) atoms. The van der Waals surface area contributed by atoms with Gasteiger partial charge in [0.1, 0.15) is 0 Å².